The molecule has 1 saturated heterocycles. The summed E-state index contributed by atoms with van der Waals surface area (Å²) in [5, 5.41) is 28.8. The number of fused-ring (bicyclic) bond motifs is 2. The number of nitrogens with zero attached hydrogens (tertiary/aromatic N) is 2. The first-order chi connectivity index (χ1) is 20.3. The van der Waals surface area contributed by atoms with Gasteiger partial charge in [-0.3, -0.25) is 15.6 Å². The molecule has 4 aromatic rings. The quantitative estimate of drug-likeness (QED) is 0.149. The molecular weight excluding hydrogens is 597 g/mol. The second kappa shape index (κ2) is 13.7. The van der Waals surface area contributed by atoms with Crippen LogP contribution in [0.5, 0.6) is 5.75 Å². The average molecular weight is 635 g/mol. The minimum Gasteiger partial charge on any atom is -0.490 e. The van der Waals surface area contributed by atoms with E-state index in [9.17, 15) is 9.90 Å². The minimum absolute atomic E-state index is 0. The van der Waals surface area contributed by atoms with Crippen LogP contribution in [0.3, 0.4) is 0 Å². The van der Waals surface area contributed by atoms with Crippen LogP contribution in [0.4, 0.5) is 5.69 Å². The van der Waals surface area contributed by atoms with E-state index in [-0.39, 0.29) is 48.7 Å². The van der Waals surface area contributed by atoms with Gasteiger partial charge < -0.3 is 25.4 Å². The lowest BCUT2D eigenvalue weighted by atomic mass is 9.97. The zero-order valence-corrected chi connectivity index (χ0v) is 26.0. The van der Waals surface area contributed by atoms with Gasteiger partial charge in [0.05, 0.1) is 11.9 Å². The lowest BCUT2D eigenvalue weighted by molar-refractivity contribution is -0.127. The van der Waals surface area contributed by atoms with E-state index in [0.29, 0.717) is 23.4 Å². The molecule has 0 saturated carbocycles. The number of carbonyl (C=O) groups is 1. The second-order valence-electron chi connectivity index (χ2n) is 11.2. The Bertz CT molecular complexity index is 1670. The van der Waals surface area contributed by atoms with Crippen molar-refractivity contribution in [1.29, 1.82) is 10.8 Å². The number of rotatable bonds is 6. The van der Waals surface area contributed by atoms with Crippen LogP contribution >= 0.6 is 24.8 Å². The smallest absolute Gasteiger partial charge is 0.261 e. The van der Waals surface area contributed by atoms with Crippen molar-refractivity contribution in [2.24, 2.45) is 5.73 Å². The number of aliphatic hydroxyl groups is 1. The van der Waals surface area contributed by atoms with Gasteiger partial charge in [0.25, 0.3) is 5.91 Å². The van der Waals surface area contributed by atoms with Gasteiger partial charge in [0.15, 0.2) is 6.10 Å². The fourth-order valence-corrected chi connectivity index (χ4v) is 6.09. The Morgan fingerprint density at radius 3 is 2.32 bits per heavy atom. The number of ether oxygens (including phenoxy) is 1. The number of hydrogen-bond acceptors (Lipinski definition) is 5. The standard InChI is InChI=1S/C34H35N5O3.2ClH/c1-21(35)38-15-13-28(14-16-38)42-29-11-12-30-27(19-29)20-31(39(30)34(41)32(40)23-5-3-2-4-6-23)24-9-7-22-8-10-25(33(36)37)18-26(22)17-24;;/h2-12,17-19,28,31-32,35,40H,13-16,20H2,1H3,(H3,36,37);2*1H/t31-,32+;;/m1../s1. The maximum Gasteiger partial charge on any atom is 0.261 e. The third-order valence-corrected chi connectivity index (χ3v) is 8.40. The van der Waals surface area contributed by atoms with E-state index in [0.717, 1.165) is 59.3 Å². The predicted molar refractivity (Wildman–Crippen MR) is 180 cm³/mol. The number of carbonyl (C=O) groups excluding carboxylic acids is 1. The van der Waals surface area contributed by atoms with Crippen LogP contribution in [0.2, 0.25) is 0 Å². The Morgan fingerprint density at radius 2 is 1.64 bits per heavy atom. The summed E-state index contributed by atoms with van der Waals surface area (Å²) in [6, 6.07) is 26.3. The van der Waals surface area contributed by atoms with E-state index in [1.54, 1.807) is 17.0 Å². The molecule has 5 N–H and O–H groups in total. The maximum absolute atomic E-state index is 14.0. The van der Waals surface area contributed by atoms with Crippen molar-refractivity contribution >= 4 is 58.9 Å². The van der Waals surface area contributed by atoms with Crippen molar-refractivity contribution in [3.05, 3.63) is 107 Å². The molecule has 230 valence electrons. The number of anilines is 1. The van der Waals surface area contributed by atoms with Crippen molar-refractivity contribution in [1.82, 2.24) is 4.90 Å². The van der Waals surface area contributed by atoms with E-state index >= 15 is 0 Å². The van der Waals surface area contributed by atoms with Gasteiger partial charge in [-0.1, -0.05) is 54.6 Å². The van der Waals surface area contributed by atoms with E-state index < -0.39 is 6.10 Å². The van der Waals surface area contributed by atoms with Crippen LogP contribution in [-0.4, -0.2) is 46.8 Å². The van der Waals surface area contributed by atoms with E-state index in [4.69, 9.17) is 21.3 Å². The topological polar surface area (TPSA) is 127 Å². The first-order valence-electron chi connectivity index (χ1n) is 14.3. The number of nitrogens with one attached hydrogen (secondary N) is 2. The molecule has 8 nitrogen and oxygen atoms in total. The minimum atomic E-state index is -1.30. The predicted octanol–water partition coefficient (Wildman–Crippen LogP) is 6.17. The normalized spacial score (nSPS) is 16.8. The van der Waals surface area contributed by atoms with Crippen molar-refractivity contribution in [2.75, 3.05) is 18.0 Å². The van der Waals surface area contributed by atoms with Gasteiger partial charge >= 0.3 is 0 Å². The molecule has 2 heterocycles. The molecule has 0 aromatic heterocycles. The summed E-state index contributed by atoms with van der Waals surface area (Å²) in [6.07, 6.45) is 1.04. The number of nitrogen functional groups attached to an aromatic ring is 1. The van der Waals surface area contributed by atoms with Gasteiger partial charge in [-0.2, -0.15) is 0 Å². The molecule has 2 aliphatic rings. The van der Waals surface area contributed by atoms with E-state index in [1.807, 2.05) is 79.7 Å². The first-order valence-corrected chi connectivity index (χ1v) is 14.3. The number of amides is 1. The number of piperidine rings is 1. The first kappa shape index (κ1) is 32.8. The van der Waals surface area contributed by atoms with Gasteiger partial charge in [-0.05, 0) is 71.1 Å². The SMILES string of the molecule is CC(=N)N1CCC(Oc2ccc3c(c2)C[C@H](c2ccc4ccc(C(=N)N)cc4c2)N3C(=O)[C@@H](O)c2ccccc2)CC1.Cl.Cl. The summed E-state index contributed by atoms with van der Waals surface area (Å²) >= 11 is 0. The van der Waals surface area contributed by atoms with Crippen LogP contribution in [0.1, 0.15) is 54.2 Å². The molecule has 0 bridgehead atoms. The fourth-order valence-electron chi connectivity index (χ4n) is 6.09. The molecule has 2 atom stereocenters. The van der Waals surface area contributed by atoms with Crippen molar-refractivity contribution in [2.45, 2.75) is 44.4 Å². The molecule has 2 aliphatic heterocycles. The van der Waals surface area contributed by atoms with E-state index in [2.05, 4.69) is 4.90 Å². The molecule has 44 heavy (non-hydrogen) atoms. The van der Waals surface area contributed by atoms with Crippen LogP contribution in [0.15, 0.2) is 84.9 Å². The van der Waals surface area contributed by atoms with Crippen molar-refractivity contribution in [3.63, 3.8) is 0 Å². The Kier molecular flexibility index (Phi) is 10.2. The van der Waals surface area contributed by atoms with Gasteiger partial charge in [0.1, 0.15) is 17.7 Å². The summed E-state index contributed by atoms with van der Waals surface area (Å²) in [4.78, 5) is 17.8. The molecule has 6 rings (SSSR count). The highest BCUT2D eigenvalue weighted by Gasteiger charge is 2.38. The van der Waals surface area contributed by atoms with Crippen molar-refractivity contribution in [3.8, 4) is 5.75 Å². The number of nitrogens with two attached hydrogens (primary N) is 1. The second-order valence-corrected chi connectivity index (χ2v) is 11.2. The number of likely N-dealkylation sites (tertiary alicyclic amines) is 1. The summed E-state index contributed by atoms with van der Waals surface area (Å²) < 4.78 is 6.37. The number of benzene rings is 4. The zero-order valence-electron chi connectivity index (χ0n) is 24.4. The summed E-state index contributed by atoms with van der Waals surface area (Å²) in [6.45, 7) is 3.43. The van der Waals surface area contributed by atoms with Crippen LogP contribution in [0, 0.1) is 10.8 Å². The molecule has 10 heteroatoms. The molecule has 0 unspecified atom stereocenters. The summed E-state index contributed by atoms with van der Waals surface area (Å²) in [5.74, 6) is 0.973. The lowest BCUT2D eigenvalue weighted by Crippen LogP contribution is -2.40. The molecular formula is C34H37Cl2N5O3. The average Bonchev–Trinajstić information content (AvgIpc) is 3.39. The largest absolute Gasteiger partial charge is 0.490 e. The van der Waals surface area contributed by atoms with Gasteiger partial charge in [0, 0.05) is 37.2 Å². The summed E-state index contributed by atoms with van der Waals surface area (Å²) in [5.41, 5.74) is 9.62. The highest BCUT2D eigenvalue weighted by Crippen LogP contribution is 2.44. The van der Waals surface area contributed by atoms with Gasteiger partial charge in [0.2, 0.25) is 0 Å². The molecule has 0 spiro atoms. The monoisotopic (exact) mass is 633 g/mol. The molecule has 1 fully saturated rings. The third kappa shape index (κ3) is 6.53. The Balaban J connectivity index is 0.00000221. The Hall–Kier alpha value is -4.11. The third-order valence-electron chi connectivity index (χ3n) is 8.40. The molecule has 0 aliphatic carbocycles. The highest BCUT2D eigenvalue weighted by atomic mass is 35.5. The molecule has 0 radical (unpaired) electrons. The molecule has 1 amide bonds. The molecule has 4 aromatic carbocycles. The summed E-state index contributed by atoms with van der Waals surface area (Å²) in [7, 11) is 0. The van der Waals surface area contributed by atoms with Gasteiger partial charge in [-0.25, -0.2) is 0 Å². The highest BCUT2D eigenvalue weighted by molar-refractivity contribution is 6.01. The Morgan fingerprint density at radius 1 is 0.932 bits per heavy atom. The zero-order chi connectivity index (χ0) is 29.4. The van der Waals surface area contributed by atoms with Crippen molar-refractivity contribution < 1.29 is 14.6 Å². The van der Waals surface area contributed by atoms with Crippen LogP contribution in [-0.2, 0) is 11.2 Å². The van der Waals surface area contributed by atoms with E-state index in [1.165, 1.54) is 0 Å². The Labute approximate surface area is 269 Å². The van der Waals surface area contributed by atoms with Crippen LogP contribution in [0.25, 0.3) is 10.8 Å². The maximum atomic E-state index is 14.0. The number of aliphatic hydroxyl groups excluding tert-OH is 1. The van der Waals surface area contributed by atoms with Gasteiger partial charge in [-0.15, -0.1) is 24.8 Å². The lowest BCUT2D eigenvalue weighted by Gasteiger charge is -2.33. The number of amidine groups is 2. The van der Waals surface area contributed by atoms with Crippen LogP contribution < -0.4 is 15.4 Å². The fraction of sp³-hybridized carbons (Fsp3) is 0.265. The number of hydrogen-bond donors (Lipinski definition) is 4. The number of halogens is 2.